The predicted octanol–water partition coefficient (Wildman–Crippen LogP) is 3.54. The van der Waals surface area contributed by atoms with Gasteiger partial charge in [0.15, 0.2) is 0 Å². The topological polar surface area (TPSA) is 45.2 Å². The third-order valence-corrected chi connectivity index (χ3v) is 4.00. The summed E-state index contributed by atoms with van der Waals surface area (Å²) in [7, 11) is 0. The highest BCUT2D eigenvalue weighted by Crippen LogP contribution is 2.27. The molecule has 0 aliphatic carbocycles. The molecule has 0 atom stereocenters. The molecule has 0 bridgehead atoms. The van der Waals surface area contributed by atoms with E-state index in [2.05, 4.69) is 29.0 Å². The van der Waals surface area contributed by atoms with E-state index in [4.69, 9.17) is 12.2 Å². The lowest BCUT2D eigenvalue weighted by Crippen LogP contribution is -2.29. The summed E-state index contributed by atoms with van der Waals surface area (Å²) in [6.07, 6.45) is 3.78. The number of anilines is 1. The van der Waals surface area contributed by atoms with Gasteiger partial charge in [0.1, 0.15) is 10.1 Å². The van der Waals surface area contributed by atoms with Crippen LogP contribution in [0.2, 0.25) is 0 Å². The zero-order chi connectivity index (χ0) is 15.0. The van der Waals surface area contributed by atoms with Crippen LogP contribution in [0.5, 0.6) is 0 Å². The summed E-state index contributed by atoms with van der Waals surface area (Å²) in [6.45, 7) is 7.66. The Morgan fingerprint density at radius 3 is 2.60 bits per heavy atom. The molecule has 1 aromatic heterocycles. The molecule has 1 amide bonds. The summed E-state index contributed by atoms with van der Waals surface area (Å²) >= 11 is 6.99. The fourth-order valence-corrected chi connectivity index (χ4v) is 3.03. The third-order valence-electron chi connectivity index (χ3n) is 2.51. The lowest BCUT2D eigenvalue weighted by atomic mass is 10.4. The van der Waals surface area contributed by atoms with Crippen molar-refractivity contribution in [2.45, 2.75) is 38.5 Å². The van der Waals surface area contributed by atoms with E-state index in [-0.39, 0.29) is 5.91 Å². The number of nitrogens with one attached hydrogen (secondary N) is 1. The van der Waals surface area contributed by atoms with Gasteiger partial charge in [-0.1, -0.05) is 37.8 Å². The number of rotatable bonds is 6. The molecule has 110 valence electrons. The first kappa shape index (κ1) is 16.9. The molecular formula is C14H21N3OS2. The normalized spacial score (nSPS) is 10.2. The van der Waals surface area contributed by atoms with E-state index in [0.29, 0.717) is 5.82 Å². The fraction of sp³-hybridized carbons (Fsp3) is 0.500. The molecule has 0 aliphatic rings. The van der Waals surface area contributed by atoms with E-state index < -0.39 is 0 Å². The van der Waals surface area contributed by atoms with E-state index in [1.54, 1.807) is 6.20 Å². The molecule has 1 heterocycles. The van der Waals surface area contributed by atoms with Gasteiger partial charge in [-0.05, 0) is 25.0 Å². The number of carbonyl (C=O) groups is 1. The molecule has 0 aliphatic heterocycles. The summed E-state index contributed by atoms with van der Waals surface area (Å²) in [5, 5.41) is 2.73. The molecule has 0 spiro atoms. The van der Waals surface area contributed by atoms with E-state index in [1.165, 1.54) is 18.7 Å². The Morgan fingerprint density at radius 2 is 2.05 bits per heavy atom. The minimum absolute atomic E-state index is 0.129. The molecule has 0 radical (unpaired) electrons. The second-order valence-corrected chi connectivity index (χ2v) is 6.06. The zero-order valence-corrected chi connectivity index (χ0v) is 13.8. The predicted molar refractivity (Wildman–Crippen MR) is 89.2 cm³/mol. The minimum Gasteiger partial charge on any atom is -0.357 e. The number of hydrogen-bond acceptors (Lipinski definition) is 4. The van der Waals surface area contributed by atoms with Crippen LogP contribution in [0.3, 0.4) is 0 Å². The molecule has 6 heteroatoms. The molecule has 20 heavy (non-hydrogen) atoms. The van der Waals surface area contributed by atoms with Crippen molar-refractivity contribution in [1.29, 1.82) is 0 Å². The lowest BCUT2D eigenvalue weighted by Gasteiger charge is -2.23. The van der Waals surface area contributed by atoms with Crippen molar-refractivity contribution in [3.8, 4) is 0 Å². The number of nitrogens with zero attached hydrogens (tertiary/aromatic N) is 2. The monoisotopic (exact) mass is 311 g/mol. The van der Waals surface area contributed by atoms with Crippen molar-refractivity contribution < 1.29 is 4.79 Å². The SMILES string of the molecule is CCCN(CCC)C(=S)Sc1cccnc1NC(C)=O. The number of aromatic nitrogens is 1. The van der Waals surface area contributed by atoms with Crippen LogP contribution < -0.4 is 5.32 Å². The number of pyridine rings is 1. The van der Waals surface area contributed by atoms with Crippen LogP contribution in [0.15, 0.2) is 23.2 Å². The van der Waals surface area contributed by atoms with Gasteiger partial charge >= 0.3 is 0 Å². The molecule has 0 unspecified atom stereocenters. The van der Waals surface area contributed by atoms with Crippen LogP contribution in [-0.2, 0) is 4.79 Å². The van der Waals surface area contributed by atoms with E-state index in [1.807, 2.05) is 12.1 Å². The van der Waals surface area contributed by atoms with Gasteiger partial charge in [0.25, 0.3) is 0 Å². The second kappa shape index (κ2) is 8.92. The Balaban J connectivity index is 2.80. The number of thiocarbonyl (C=S) groups is 1. The molecule has 1 aromatic rings. The van der Waals surface area contributed by atoms with E-state index >= 15 is 0 Å². The summed E-state index contributed by atoms with van der Waals surface area (Å²) in [4.78, 5) is 18.5. The highest BCUT2D eigenvalue weighted by molar-refractivity contribution is 8.23. The Kier molecular flexibility index (Phi) is 7.54. The maximum atomic E-state index is 11.2. The van der Waals surface area contributed by atoms with Gasteiger partial charge in [0.05, 0.1) is 4.90 Å². The highest BCUT2D eigenvalue weighted by atomic mass is 32.2. The van der Waals surface area contributed by atoms with Crippen LogP contribution in [0.1, 0.15) is 33.6 Å². The second-order valence-electron chi connectivity index (χ2n) is 4.39. The molecule has 0 fully saturated rings. The largest absolute Gasteiger partial charge is 0.357 e. The first-order valence-electron chi connectivity index (χ1n) is 6.77. The third kappa shape index (κ3) is 5.46. The van der Waals surface area contributed by atoms with Crippen LogP contribution in [0.25, 0.3) is 0 Å². The number of carbonyl (C=O) groups excluding carboxylic acids is 1. The number of amides is 1. The van der Waals surface area contributed by atoms with Gasteiger partial charge in [-0.25, -0.2) is 4.98 Å². The van der Waals surface area contributed by atoms with Crippen LogP contribution in [-0.4, -0.2) is 33.2 Å². The molecule has 0 saturated heterocycles. The van der Waals surface area contributed by atoms with Gasteiger partial charge < -0.3 is 10.2 Å². The summed E-state index contributed by atoms with van der Waals surface area (Å²) in [5.41, 5.74) is 0. The van der Waals surface area contributed by atoms with Gasteiger partial charge in [-0.15, -0.1) is 0 Å². The van der Waals surface area contributed by atoms with Crippen LogP contribution in [0, 0.1) is 0 Å². The Bertz CT molecular complexity index is 459. The van der Waals surface area contributed by atoms with Crippen LogP contribution >= 0.6 is 24.0 Å². The fourth-order valence-electron chi connectivity index (χ4n) is 1.73. The zero-order valence-electron chi connectivity index (χ0n) is 12.2. The highest BCUT2D eigenvalue weighted by Gasteiger charge is 2.13. The summed E-state index contributed by atoms with van der Waals surface area (Å²) in [5.74, 6) is 0.440. The Morgan fingerprint density at radius 1 is 1.40 bits per heavy atom. The van der Waals surface area contributed by atoms with Gasteiger partial charge in [-0.2, -0.15) is 0 Å². The van der Waals surface area contributed by atoms with E-state index in [0.717, 1.165) is 35.1 Å². The standard InChI is InChI=1S/C14H21N3OS2/c1-4-9-17(10-5-2)14(19)20-12-7-6-8-15-13(12)16-11(3)18/h6-8H,4-5,9-10H2,1-3H3,(H,15,16,18). The number of thioether (sulfide) groups is 1. The molecule has 1 N–H and O–H groups in total. The molecular weight excluding hydrogens is 290 g/mol. The molecule has 4 nitrogen and oxygen atoms in total. The van der Waals surface area contributed by atoms with Crippen LogP contribution in [0.4, 0.5) is 5.82 Å². The van der Waals surface area contributed by atoms with Crippen molar-refractivity contribution in [2.75, 3.05) is 18.4 Å². The molecule has 0 aromatic carbocycles. The Labute approximate surface area is 130 Å². The quantitative estimate of drug-likeness (QED) is 0.643. The first-order chi connectivity index (χ1) is 9.58. The van der Waals surface area contributed by atoms with Crippen molar-refractivity contribution in [1.82, 2.24) is 9.88 Å². The maximum absolute atomic E-state index is 11.2. The molecule has 1 rings (SSSR count). The lowest BCUT2D eigenvalue weighted by molar-refractivity contribution is -0.114. The minimum atomic E-state index is -0.129. The number of hydrogen-bond donors (Lipinski definition) is 1. The van der Waals surface area contributed by atoms with E-state index in [9.17, 15) is 4.79 Å². The summed E-state index contributed by atoms with van der Waals surface area (Å²) < 4.78 is 0.827. The van der Waals surface area contributed by atoms with Gasteiger partial charge in [0, 0.05) is 26.2 Å². The van der Waals surface area contributed by atoms with Crippen molar-refractivity contribution >= 4 is 40.0 Å². The Hall–Kier alpha value is -1.14. The van der Waals surface area contributed by atoms with Gasteiger partial charge in [-0.3, -0.25) is 4.79 Å². The summed E-state index contributed by atoms with van der Waals surface area (Å²) in [6, 6.07) is 3.77. The van der Waals surface area contributed by atoms with Crippen molar-refractivity contribution in [2.24, 2.45) is 0 Å². The smallest absolute Gasteiger partial charge is 0.222 e. The average molecular weight is 311 g/mol. The average Bonchev–Trinajstić information content (AvgIpc) is 2.40. The first-order valence-corrected chi connectivity index (χ1v) is 8.00. The molecule has 0 saturated carbocycles. The maximum Gasteiger partial charge on any atom is 0.222 e. The van der Waals surface area contributed by atoms with Crippen molar-refractivity contribution in [3.05, 3.63) is 18.3 Å². The van der Waals surface area contributed by atoms with Gasteiger partial charge in [0.2, 0.25) is 5.91 Å². The van der Waals surface area contributed by atoms with Crippen molar-refractivity contribution in [3.63, 3.8) is 0 Å².